The van der Waals surface area contributed by atoms with Gasteiger partial charge >= 0.3 is 12.0 Å². The van der Waals surface area contributed by atoms with Crippen LogP contribution in [0.15, 0.2) is 61.3 Å². The highest BCUT2D eigenvalue weighted by atomic mass is 28.1. The van der Waals surface area contributed by atoms with Crippen molar-refractivity contribution in [3.8, 4) is 22.5 Å². The minimum Gasteiger partial charge on any atom is -0.464 e. The third-order valence-corrected chi connectivity index (χ3v) is 16.6. The summed E-state index contributed by atoms with van der Waals surface area (Å²) in [5, 5.41) is 3.49. The molecule has 2 N–H and O–H groups in total. The number of aromatic nitrogens is 3. The molecule has 17 nitrogen and oxygen atoms in total. The van der Waals surface area contributed by atoms with Crippen molar-refractivity contribution in [2.75, 3.05) is 67.1 Å². The van der Waals surface area contributed by atoms with Gasteiger partial charge in [-0.3, -0.25) is 39.1 Å². The number of carbonyl (C=O) groups is 5. The predicted octanol–water partition coefficient (Wildman–Crippen LogP) is 6.45. The molecule has 3 saturated heterocycles. The Morgan fingerprint density at radius 2 is 1.78 bits per heavy atom. The summed E-state index contributed by atoms with van der Waals surface area (Å²) in [5.41, 5.74) is 7.00. The van der Waals surface area contributed by atoms with Gasteiger partial charge < -0.3 is 34.1 Å². The Kier molecular flexibility index (Phi) is 16.6. The number of benzene rings is 1. The van der Waals surface area contributed by atoms with Gasteiger partial charge in [0.2, 0.25) is 11.8 Å². The van der Waals surface area contributed by atoms with Gasteiger partial charge in [0, 0.05) is 117 Å². The van der Waals surface area contributed by atoms with Crippen molar-refractivity contribution in [2.45, 2.75) is 122 Å². The van der Waals surface area contributed by atoms with Gasteiger partial charge in [0.15, 0.2) is 0 Å². The fourth-order valence-corrected chi connectivity index (χ4v) is 12.1. The molecule has 3 radical (unpaired) electrons. The number of carbonyl (C=O) groups excluding carboxylic acids is 5. The molecule has 5 amide bonds. The molecule has 4 aliphatic heterocycles. The molecular weight excluding hydrogens is 991 g/mol. The van der Waals surface area contributed by atoms with Crippen LogP contribution in [0.2, 0.25) is 0 Å². The number of nitrogens with zero attached hydrogens (tertiary/aromatic N) is 8. The number of piperazine rings is 1. The van der Waals surface area contributed by atoms with Crippen LogP contribution in [-0.2, 0) is 48.0 Å². The average molecular weight is 1060 g/mol. The maximum absolute atomic E-state index is 15.1. The van der Waals surface area contributed by atoms with Crippen molar-refractivity contribution < 1.29 is 42.2 Å². The molecule has 0 aliphatic carbocycles. The number of rotatable bonds is 10. The van der Waals surface area contributed by atoms with E-state index in [0.29, 0.717) is 70.5 Å². The monoisotopic (exact) mass is 1060 g/mol. The number of urea groups is 1. The molecule has 407 valence electrons. The number of pyridine rings is 2. The van der Waals surface area contributed by atoms with E-state index < -0.39 is 52.8 Å². The van der Waals surface area contributed by atoms with E-state index in [0.717, 1.165) is 33.4 Å². The third-order valence-electron chi connectivity index (χ3n) is 16.0. The summed E-state index contributed by atoms with van der Waals surface area (Å²) >= 11 is 0. The lowest BCUT2D eigenvalue weighted by atomic mass is 9.83. The van der Waals surface area contributed by atoms with E-state index in [4.69, 9.17) is 19.4 Å². The first-order valence-corrected chi connectivity index (χ1v) is 26.9. The highest BCUT2D eigenvalue weighted by molar-refractivity contribution is 6.27. The zero-order chi connectivity index (χ0) is 55.0. The lowest BCUT2D eigenvalue weighted by Crippen LogP contribution is -2.68. The van der Waals surface area contributed by atoms with Gasteiger partial charge in [-0.2, -0.15) is 0 Å². The number of amides is 5. The van der Waals surface area contributed by atoms with Crippen LogP contribution >= 0.6 is 0 Å². The van der Waals surface area contributed by atoms with Crippen molar-refractivity contribution >= 4 is 50.9 Å². The van der Waals surface area contributed by atoms with Crippen LogP contribution in [-0.4, -0.2) is 169 Å². The Morgan fingerprint density at radius 3 is 2.45 bits per heavy atom. The number of fused-ring (bicyclic) bond motifs is 6. The second-order valence-electron chi connectivity index (χ2n) is 22.2. The molecule has 3 aromatic heterocycles. The summed E-state index contributed by atoms with van der Waals surface area (Å²) in [6, 6.07) is 9.42. The number of likely N-dealkylation sites (tertiary alicyclic amines) is 1. The lowest BCUT2D eigenvalue weighted by Gasteiger charge is -2.53. The minimum atomic E-state index is -2.91. The molecule has 3 fully saturated rings. The van der Waals surface area contributed by atoms with Crippen LogP contribution in [0, 0.1) is 11.3 Å². The Balaban J connectivity index is 1.18. The van der Waals surface area contributed by atoms with Gasteiger partial charge in [-0.1, -0.05) is 40.3 Å². The normalized spacial score (nSPS) is 22.1. The maximum atomic E-state index is 15.1. The Hall–Kier alpha value is -6.09. The van der Waals surface area contributed by atoms with E-state index in [1.807, 2.05) is 58.2 Å². The molecule has 7 heterocycles. The number of cyclic esters (lactones) is 1. The smallest absolute Gasteiger partial charge is 0.323 e. The standard InChI is InChI=1S/C56H73F2N10O7Si/c1-11-45(69)66-26-25-63(8)55(32-66)19-23-65(24-20-55)53(73)64(9)47(34(3)4)50(70)61-43-30-38-27-37(49(57)58)29-42(60-38)36-16-17-44-40(28-36)41(48(67(44)12-2)39-15-13-21-59-46(39)35(5)74-10)31-54(6,7)33-75-52(72)56(76)18-14-22-68(62-56)51(43)71/h11,13,15-17,21,27-29,34-35,43,47,49,62H,1,12,14,18-20,22-26,30-33H2,2-10H3,(H,61,70)/t35-,43-,47-,56-/m0/s1. The van der Waals surface area contributed by atoms with E-state index in [2.05, 4.69) is 44.0 Å². The van der Waals surface area contributed by atoms with E-state index in [9.17, 15) is 19.2 Å². The van der Waals surface area contributed by atoms with Gasteiger partial charge in [0.1, 0.15) is 17.2 Å². The number of alkyl halides is 2. The van der Waals surface area contributed by atoms with Crippen LogP contribution in [0.25, 0.3) is 33.4 Å². The van der Waals surface area contributed by atoms with Crippen molar-refractivity contribution in [1.29, 1.82) is 0 Å². The summed E-state index contributed by atoms with van der Waals surface area (Å²) in [6.45, 7) is 18.6. The largest absolute Gasteiger partial charge is 0.464 e. The fraction of sp³-hybridized carbons (Fsp3) is 0.554. The molecule has 0 saturated carbocycles. The van der Waals surface area contributed by atoms with E-state index in [1.54, 1.807) is 44.0 Å². The number of esters is 1. The summed E-state index contributed by atoms with van der Waals surface area (Å²) in [4.78, 5) is 88.1. The van der Waals surface area contributed by atoms with Crippen molar-refractivity contribution in [3.05, 3.63) is 83.8 Å². The first-order chi connectivity index (χ1) is 36.0. The number of hydrogen-bond donors (Lipinski definition) is 2. The summed E-state index contributed by atoms with van der Waals surface area (Å²) < 4.78 is 44.4. The number of nitrogens with one attached hydrogen (secondary N) is 2. The van der Waals surface area contributed by atoms with E-state index in [-0.39, 0.29) is 66.5 Å². The molecule has 6 bridgehead atoms. The molecule has 76 heavy (non-hydrogen) atoms. The van der Waals surface area contributed by atoms with Crippen molar-refractivity contribution in [3.63, 3.8) is 0 Å². The zero-order valence-electron chi connectivity index (χ0n) is 45.4. The van der Waals surface area contributed by atoms with E-state index >= 15 is 13.6 Å². The molecule has 1 spiro atoms. The number of methoxy groups -OCH3 is 1. The second kappa shape index (κ2) is 22.5. The molecule has 8 rings (SSSR count). The van der Waals surface area contributed by atoms with Crippen LogP contribution in [0.1, 0.15) is 102 Å². The van der Waals surface area contributed by atoms with E-state index in [1.165, 1.54) is 28.1 Å². The van der Waals surface area contributed by atoms with Crippen LogP contribution in [0.5, 0.6) is 0 Å². The number of halogens is 2. The summed E-state index contributed by atoms with van der Waals surface area (Å²) in [6.07, 6.45) is 1.74. The molecular formula is C56H73F2N10O7Si. The number of hydrazine groups is 1. The zero-order valence-corrected chi connectivity index (χ0v) is 46.4. The Morgan fingerprint density at radius 1 is 1.04 bits per heavy atom. The Labute approximate surface area is 448 Å². The van der Waals surface area contributed by atoms with Gasteiger partial charge in [0.25, 0.3) is 12.3 Å². The minimum absolute atomic E-state index is 0.00640. The summed E-state index contributed by atoms with van der Waals surface area (Å²) in [5.74, 6) is -2.49. The van der Waals surface area contributed by atoms with Gasteiger partial charge in [0.05, 0.1) is 40.0 Å². The lowest BCUT2D eigenvalue weighted by molar-refractivity contribution is -0.158. The number of ether oxygens (including phenoxy) is 2. The quantitative estimate of drug-likeness (QED) is 0.102. The van der Waals surface area contributed by atoms with Gasteiger partial charge in [-0.15, -0.1) is 0 Å². The van der Waals surface area contributed by atoms with Crippen molar-refractivity contribution in [1.82, 2.24) is 49.9 Å². The number of aryl methyl sites for hydroxylation is 1. The molecule has 0 unspecified atom stereocenters. The van der Waals surface area contributed by atoms with Crippen LogP contribution < -0.4 is 10.7 Å². The van der Waals surface area contributed by atoms with Gasteiger partial charge in [-0.25, -0.2) is 19.0 Å². The molecule has 4 atom stereocenters. The average Bonchev–Trinajstić information content (AvgIpc) is 3.74. The SMILES string of the molecule is C=CC(=O)N1CCN(C)C2(CCN(C(=O)N(C)[C@H](C(=O)N[C@H]3Cc4cc(C(F)F)cc(n4)-c4ccc5c(c4)c(c(-c4cccnc4[C@H](C)OC)n5CC)CC(C)(C)COC(=O)[C@@]4([Si])CCCN(N4)C3=O)C(C)C)CC2)C1. The number of likely N-dealkylation sites (N-methyl/N-ethyl adjacent to an activating group) is 2. The maximum Gasteiger partial charge on any atom is 0.323 e. The Bertz CT molecular complexity index is 2870. The van der Waals surface area contributed by atoms with Crippen molar-refractivity contribution in [2.24, 2.45) is 11.3 Å². The van der Waals surface area contributed by atoms with Crippen LogP contribution in [0.4, 0.5) is 13.6 Å². The highest BCUT2D eigenvalue weighted by Crippen LogP contribution is 2.42. The summed E-state index contributed by atoms with van der Waals surface area (Å²) in [7, 11) is 8.92. The fourth-order valence-electron chi connectivity index (χ4n) is 11.7. The first-order valence-electron chi connectivity index (χ1n) is 26.4. The molecule has 4 aliphatic rings. The highest BCUT2D eigenvalue weighted by Gasteiger charge is 2.46. The number of hydrogen-bond acceptors (Lipinski definition) is 11. The second-order valence-corrected chi connectivity index (χ2v) is 23.0. The first kappa shape index (κ1) is 56.1. The topological polar surface area (TPSA) is 175 Å². The predicted molar refractivity (Wildman–Crippen MR) is 286 cm³/mol. The number of piperidine rings is 1. The van der Waals surface area contributed by atoms with Crippen LogP contribution in [0.3, 0.4) is 0 Å². The molecule has 4 aromatic rings. The molecule has 1 aromatic carbocycles. The third kappa shape index (κ3) is 11.2. The molecule has 20 heteroatoms. The van der Waals surface area contributed by atoms with Gasteiger partial charge in [-0.05, 0) is 107 Å².